The first-order valence-electron chi connectivity index (χ1n) is 7.34. The molecule has 0 saturated carbocycles. The first-order valence-corrected chi connectivity index (χ1v) is 8.22. The zero-order chi connectivity index (χ0) is 15.4. The van der Waals surface area contributed by atoms with Crippen LogP contribution in [0.4, 0.5) is 0 Å². The lowest BCUT2D eigenvalue weighted by molar-refractivity contribution is 0.397. The maximum atomic E-state index is 5.62. The Morgan fingerprint density at radius 2 is 2.05 bits per heavy atom. The van der Waals surface area contributed by atoms with Crippen LogP contribution in [-0.2, 0) is 6.42 Å². The summed E-state index contributed by atoms with van der Waals surface area (Å²) in [5, 5.41) is 6.84. The Hall–Kier alpha value is -1.39. The molecule has 0 fully saturated rings. The van der Waals surface area contributed by atoms with Crippen LogP contribution < -0.4 is 10.1 Å². The fourth-order valence-electron chi connectivity index (χ4n) is 2.79. The van der Waals surface area contributed by atoms with Crippen LogP contribution in [0, 0.1) is 20.8 Å². The normalized spacial score (nSPS) is 12.4. The number of hydrogen-bond donors (Lipinski definition) is 1. The van der Waals surface area contributed by atoms with Crippen LogP contribution in [0.2, 0.25) is 0 Å². The zero-order valence-corrected chi connectivity index (χ0v) is 14.3. The predicted molar refractivity (Wildman–Crippen MR) is 89.4 cm³/mol. The van der Waals surface area contributed by atoms with Crippen LogP contribution in [-0.4, -0.2) is 18.6 Å². The summed E-state index contributed by atoms with van der Waals surface area (Å²) in [6.45, 7) is 9.36. The Labute approximate surface area is 131 Å². The van der Waals surface area contributed by atoms with E-state index in [1.165, 1.54) is 16.7 Å². The molecule has 21 heavy (non-hydrogen) atoms. The summed E-state index contributed by atoms with van der Waals surface area (Å²) in [6.07, 6.45) is 0.887. The number of nitrogens with zero attached hydrogens (tertiary/aromatic N) is 1. The van der Waals surface area contributed by atoms with Crippen molar-refractivity contribution in [1.82, 2.24) is 10.3 Å². The molecule has 2 aromatic rings. The van der Waals surface area contributed by atoms with Gasteiger partial charge in [-0.3, -0.25) is 0 Å². The van der Waals surface area contributed by atoms with Crippen LogP contribution in [0.1, 0.15) is 40.4 Å². The van der Waals surface area contributed by atoms with E-state index in [9.17, 15) is 0 Å². The van der Waals surface area contributed by atoms with Gasteiger partial charge in [-0.1, -0.05) is 13.0 Å². The Morgan fingerprint density at radius 1 is 1.29 bits per heavy atom. The second kappa shape index (κ2) is 7.05. The predicted octanol–water partition coefficient (Wildman–Crippen LogP) is 3.97. The number of aromatic nitrogens is 1. The monoisotopic (exact) mass is 304 g/mol. The maximum Gasteiger partial charge on any atom is 0.124 e. The fourth-order valence-corrected chi connectivity index (χ4v) is 3.41. The van der Waals surface area contributed by atoms with E-state index in [0.29, 0.717) is 0 Å². The highest BCUT2D eigenvalue weighted by Gasteiger charge is 2.19. The van der Waals surface area contributed by atoms with Gasteiger partial charge in [0.25, 0.3) is 0 Å². The van der Waals surface area contributed by atoms with Gasteiger partial charge in [-0.05, 0) is 44.5 Å². The molecule has 0 aliphatic carbocycles. The average Bonchev–Trinajstić information content (AvgIpc) is 2.83. The molecule has 3 nitrogen and oxygen atoms in total. The number of aryl methyl sites for hydroxylation is 3. The number of benzene rings is 1. The standard InChI is InChI=1S/C17H24N2OS/c1-6-18-15(9-14-10-21-13(4)19-14)17-12(3)7-11(2)8-16(17)20-5/h7-8,10,15,18H,6,9H2,1-5H3. The van der Waals surface area contributed by atoms with E-state index in [1.54, 1.807) is 18.4 Å². The van der Waals surface area contributed by atoms with Gasteiger partial charge < -0.3 is 10.1 Å². The third-order valence-corrected chi connectivity index (χ3v) is 4.41. The molecule has 1 aromatic carbocycles. The Bertz CT molecular complexity index is 607. The molecule has 1 N–H and O–H groups in total. The summed E-state index contributed by atoms with van der Waals surface area (Å²) in [6, 6.07) is 4.56. The van der Waals surface area contributed by atoms with Gasteiger partial charge in [0.2, 0.25) is 0 Å². The molecule has 2 rings (SSSR count). The lowest BCUT2D eigenvalue weighted by Gasteiger charge is -2.23. The molecule has 0 saturated heterocycles. The Balaban J connectivity index is 2.37. The van der Waals surface area contributed by atoms with Gasteiger partial charge >= 0.3 is 0 Å². The minimum Gasteiger partial charge on any atom is -0.496 e. The quantitative estimate of drug-likeness (QED) is 0.877. The molecule has 0 amide bonds. The summed E-state index contributed by atoms with van der Waals surface area (Å²) in [5.41, 5.74) is 4.89. The average molecular weight is 304 g/mol. The van der Waals surface area contributed by atoms with E-state index in [0.717, 1.165) is 29.4 Å². The van der Waals surface area contributed by atoms with E-state index >= 15 is 0 Å². The van der Waals surface area contributed by atoms with Crippen molar-refractivity contribution in [3.63, 3.8) is 0 Å². The minimum atomic E-state index is 0.229. The summed E-state index contributed by atoms with van der Waals surface area (Å²) in [7, 11) is 1.74. The van der Waals surface area contributed by atoms with Crippen LogP contribution >= 0.6 is 11.3 Å². The smallest absolute Gasteiger partial charge is 0.124 e. The molecule has 0 aliphatic rings. The highest BCUT2D eigenvalue weighted by atomic mass is 32.1. The van der Waals surface area contributed by atoms with Gasteiger partial charge in [-0.25, -0.2) is 4.98 Å². The van der Waals surface area contributed by atoms with Crippen molar-refractivity contribution in [1.29, 1.82) is 0 Å². The highest BCUT2D eigenvalue weighted by molar-refractivity contribution is 7.09. The second-order valence-electron chi connectivity index (χ2n) is 5.37. The molecule has 1 unspecified atom stereocenters. The van der Waals surface area contributed by atoms with Gasteiger partial charge in [0, 0.05) is 23.4 Å². The second-order valence-corrected chi connectivity index (χ2v) is 6.43. The van der Waals surface area contributed by atoms with Gasteiger partial charge in [0.1, 0.15) is 5.75 Å². The number of thiazole rings is 1. The first-order chi connectivity index (χ1) is 10.0. The molecule has 1 aromatic heterocycles. The molecule has 4 heteroatoms. The van der Waals surface area contributed by atoms with Crippen molar-refractivity contribution < 1.29 is 4.74 Å². The van der Waals surface area contributed by atoms with Crippen molar-refractivity contribution in [2.75, 3.05) is 13.7 Å². The minimum absolute atomic E-state index is 0.229. The summed E-state index contributed by atoms with van der Waals surface area (Å²) in [4.78, 5) is 4.60. The van der Waals surface area contributed by atoms with Crippen molar-refractivity contribution in [3.05, 3.63) is 44.9 Å². The van der Waals surface area contributed by atoms with Crippen molar-refractivity contribution in [2.45, 2.75) is 40.2 Å². The van der Waals surface area contributed by atoms with Crippen LogP contribution in [0.3, 0.4) is 0 Å². The Morgan fingerprint density at radius 3 is 2.62 bits per heavy atom. The van der Waals surface area contributed by atoms with E-state index in [2.05, 4.69) is 48.6 Å². The largest absolute Gasteiger partial charge is 0.496 e. The van der Waals surface area contributed by atoms with E-state index < -0.39 is 0 Å². The molecule has 0 aliphatic heterocycles. The van der Waals surface area contributed by atoms with E-state index in [1.807, 2.05) is 6.92 Å². The summed E-state index contributed by atoms with van der Waals surface area (Å²) >= 11 is 1.71. The van der Waals surface area contributed by atoms with Crippen LogP contribution in [0.15, 0.2) is 17.5 Å². The number of methoxy groups -OCH3 is 1. The van der Waals surface area contributed by atoms with Gasteiger partial charge in [0.15, 0.2) is 0 Å². The summed E-state index contributed by atoms with van der Waals surface area (Å²) in [5.74, 6) is 0.963. The highest BCUT2D eigenvalue weighted by Crippen LogP contribution is 2.32. The SMILES string of the molecule is CCNC(Cc1csc(C)n1)c1c(C)cc(C)cc1OC. The molecule has 114 valence electrons. The summed E-state index contributed by atoms with van der Waals surface area (Å²) < 4.78 is 5.62. The number of hydrogen-bond acceptors (Lipinski definition) is 4. The van der Waals surface area contributed by atoms with Gasteiger partial charge in [-0.2, -0.15) is 0 Å². The van der Waals surface area contributed by atoms with E-state index in [4.69, 9.17) is 4.74 Å². The first kappa shape index (κ1) is 16.0. The number of ether oxygens (including phenoxy) is 1. The lowest BCUT2D eigenvalue weighted by Crippen LogP contribution is -2.24. The third kappa shape index (κ3) is 3.83. The van der Waals surface area contributed by atoms with Gasteiger partial charge in [0.05, 0.1) is 17.8 Å². The van der Waals surface area contributed by atoms with Crippen molar-refractivity contribution in [3.8, 4) is 5.75 Å². The van der Waals surface area contributed by atoms with Crippen molar-refractivity contribution >= 4 is 11.3 Å². The van der Waals surface area contributed by atoms with Crippen LogP contribution in [0.5, 0.6) is 5.75 Å². The number of nitrogens with one attached hydrogen (secondary N) is 1. The zero-order valence-electron chi connectivity index (χ0n) is 13.5. The number of likely N-dealkylation sites (N-methyl/N-ethyl adjacent to an activating group) is 1. The molecular formula is C17H24N2OS. The molecule has 0 bridgehead atoms. The molecule has 0 spiro atoms. The lowest BCUT2D eigenvalue weighted by atomic mass is 9.95. The molecule has 1 heterocycles. The van der Waals surface area contributed by atoms with Gasteiger partial charge in [-0.15, -0.1) is 11.3 Å². The van der Waals surface area contributed by atoms with E-state index in [-0.39, 0.29) is 6.04 Å². The molecular weight excluding hydrogens is 280 g/mol. The fraction of sp³-hybridized carbons (Fsp3) is 0.471. The maximum absolute atomic E-state index is 5.62. The Kier molecular flexibility index (Phi) is 5.37. The van der Waals surface area contributed by atoms with Crippen molar-refractivity contribution in [2.24, 2.45) is 0 Å². The number of rotatable bonds is 6. The van der Waals surface area contributed by atoms with Crippen LogP contribution in [0.25, 0.3) is 0 Å². The molecule has 0 radical (unpaired) electrons. The molecule has 1 atom stereocenters. The third-order valence-electron chi connectivity index (χ3n) is 3.59. The topological polar surface area (TPSA) is 34.2 Å².